The lowest BCUT2D eigenvalue weighted by molar-refractivity contribution is -0.116. The molecule has 4 aromatic rings. The summed E-state index contributed by atoms with van der Waals surface area (Å²) in [6.45, 7) is -0.138. The fourth-order valence-electron chi connectivity index (χ4n) is 3.07. The smallest absolute Gasteiger partial charge is 0.323 e. The van der Waals surface area contributed by atoms with Crippen molar-refractivity contribution in [2.75, 3.05) is 16.0 Å². The minimum absolute atomic E-state index is 0.138. The number of nitrogens with zero attached hydrogens (tertiary/aromatic N) is 2. The number of carbonyl (C=O) groups is 2. The molecule has 0 aliphatic rings. The molecule has 1 heterocycles. The summed E-state index contributed by atoms with van der Waals surface area (Å²) in [5, 5.41) is 8.21. The standard InChI is InChI=1S/C23H19N5O3/c29-21(15-28-20-9-5-4-8-19(20)24-14-22(28)30)25-17-10-12-18(13-11-17)27-23(31)26-16-6-2-1-3-7-16/h1-14H,15H2,(H,25,29)(H2,26,27,31). The fourth-order valence-corrected chi connectivity index (χ4v) is 3.07. The maximum absolute atomic E-state index is 12.5. The molecule has 3 aromatic carbocycles. The maximum Gasteiger partial charge on any atom is 0.323 e. The highest BCUT2D eigenvalue weighted by Gasteiger charge is 2.09. The van der Waals surface area contributed by atoms with Gasteiger partial charge < -0.3 is 16.0 Å². The van der Waals surface area contributed by atoms with Crippen molar-refractivity contribution in [1.82, 2.24) is 9.55 Å². The van der Waals surface area contributed by atoms with E-state index in [-0.39, 0.29) is 24.0 Å². The second-order valence-electron chi connectivity index (χ2n) is 6.74. The minimum Gasteiger partial charge on any atom is -0.325 e. The van der Waals surface area contributed by atoms with Gasteiger partial charge in [-0.2, -0.15) is 0 Å². The molecular formula is C23H19N5O3. The van der Waals surface area contributed by atoms with E-state index in [2.05, 4.69) is 20.9 Å². The van der Waals surface area contributed by atoms with Gasteiger partial charge in [-0.15, -0.1) is 0 Å². The van der Waals surface area contributed by atoms with Crippen LogP contribution < -0.4 is 21.5 Å². The summed E-state index contributed by atoms with van der Waals surface area (Å²) in [4.78, 5) is 40.8. The van der Waals surface area contributed by atoms with Crippen molar-refractivity contribution in [2.45, 2.75) is 6.54 Å². The van der Waals surface area contributed by atoms with Crippen LogP contribution in [0.2, 0.25) is 0 Å². The number of fused-ring (bicyclic) bond motifs is 1. The number of para-hydroxylation sites is 3. The van der Waals surface area contributed by atoms with Crippen molar-refractivity contribution in [3.8, 4) is 0 Å². The average molecular weight is 413 g/mol. The van der Waals surface area contributed by atoms with E-state index >= 15 is 0 Å². The Morgan fingerprint density at radius 1 is 0.742 bits per heavy atom. The number of aromatic nitrogens is 2. The molecule has 1 aromatic heterocycles. The monoisotopic (exact) mass is 413 g/mol. The Kier molecular flexibility index (Phi) is 5.70. The molecule has 31 heavy (non-hydrogen) atoms. The van der Waals surface area contributed by atoms with E-state index < -0.39 is 0 Å². The Morgan fingerprint density at radius 3 is 2.03 bits per heavy atom. The highest BCUT2D eigenvalue weighted by molar-refractivity contribution is 6.00. The van der Waals surface area contributed by atoms with Gasteiger partial charge in [-0.25, -0.2) is 9.78 Å². The topological polar surface area (TPSA) is 105 Å². The third-order valence-electron chi connectivity index (χ3n) is 4.51. The van der Waals surface area contributed by atoms with E-state index in [9.17, 15) is 14.4 Å². The number of anilines is 3. The fraction of sp³-hybridized carbons (Fsp3) is 0.0435. The van der Waals surface area contributed by atoms with Crippen molar-refractivity contribution < 1.29 is 9.59 Å². The number of benzene rings is 3. The van der Waals surface area contributed by atoms with E-state index in [1.165, 1.54) is 10.8 Å². The summed E-state index contributed by atoms with van der Waals surface area (Å²) in [6.07, 6.45) is 1.20. The van der Waals surface area contributed by atoms with Gasteiger partial charge in [0.15, 0.2) is 0 Å². The maximum atomic E-state index is 12.5. The number of carbonyl (C=O) groups excluding carboxylic acids is 2. The molecule has 0 bridgehead atoms. The van der Waals surface area contributed by atoms with Crippen LogP contribution in [0.5, 0.6) is 0 Å². The lowest BCUT2D eigenvalue weighted by Crippen LogP contribution is -2.28. The van der Waals surface area contributed by atoms with Gasteiger partial charge in [0.05, 0.1) is 17.2 Å². The zero-order valence-corrected chi connectivity index (χ0v) is 16.4. The van der Waals surface area contributed by atoms with Gasteiger partial charge in [0.25, 0.3) is 5.56 Å². The van der Waals surface area contributed by atoms with E-state index in [0.29, 0.717) is 28.1 Å². The van der Waals surface area contributed by atoms with Crippen LogP contribution in [0.15, 0.2) is 89.9 Å². The zero-order valence-electron chi connectivity index (χ0n) is 16.4. The highest BCUT2D eigenvalue weighted by Crippen LogP contribution is 2.15. The van der Waals surface area contributed by atoms with Crippen molar-refractivity contribution in [3.05, 3.63) is 95.4 Å². The molecule has 3 N–H and O–H groups in total. The number of rotatable bonds is 5. The molecule has 0 spiro atoms. The molecule has 3 amide bonds. The molecule has 0 saturated carbocycles. The molecule has 0 saturated heterocycles. The second-order valence-corrected chi connectivity index (χ2v) is 6.74. The Bertz CT molecular complexity index is 1280. The quantitative estimate of drug-likeness (QED) is 0.464. The van der Waals surface area contributed by atoms with Gasteiger partial charge in [-0.1, -0.05) is 30.3 Å². The van der Waals surface area contributed by atoms with Crippen LogP contribution in [-0.4, -0.2) is 21.5 Å². The van der Waals surface area contributed by atoms with Gasteiger partial charge in [0, 0.05) is 17.1 Å². The molecule has 0 fully saturated rings. The number of nitrogens with one attached hydrogen (secondary N) is 3. The van der Waals surface area contributed by atoms with Gasteiger partial charge in [-0.05, 0) is 48.5 Å². The van der Waals surface area contributed by atoms with Crippen LogP contribution in [0.1, 0.15) is 0 Å². The molecule has 0 aliphatic carbocycles. The SMILES string of the molecule is O=C(Cn1c(=O)cnc2ccccc21)Nc1ccc(NC(=O)Nc2ccccc2)cc1. The van der Waals surface area contributed by atoms with Crippen LogP contribution in [0.25, 0.3) is 11.0 Å². The first-order valence-corrected chi connectivity index (χ1v) is 9.56. The lowest BCUT2D eigenvalue weighted by atomic mass is 10.2. The van der Waals surface area contributed by atoms with Crippen molar-refractivity contribution in [3.63, 3.8) is 0 Å². The minimum atomic E-state index is -0.369. The van der Waals surface area contributed by atoms with Gasteiger partial charge >= 0.3 is 6.03 Å². The van der Waals surface area contributed by atoms with Crippen molar-refractivity contribution in [1.29, 1.82) is 0 Å². The largest absolute Gasteiger partial charge is 0.325 e. The Labute approximate surface area is 177 Å². The predicted molar refractivity (Wildman–Crippen MR) is 120 cm³/mol. The molecule has 0 aliphatic heterocycles. The normalized spacial score (nSPS) is 10.5. The average Bonchev–Trinajstić information content (AvgIpc) is 2.78. The van der Waals surface area contributed by atoms with E-state index in [1.54, 1.807) is 54.6 Å². The first-order chi connectivity index (χ1) is 15.1. The third-order valence-corrected chi connectivity index (χ3v) is 4.51. The van der Waals surface area contributed by atoms with Gasteiger partial charge in [-0.3, -0.25) is 14.2 Å². The number of urea groups is 1. The molecule has 8 heteroatoms. The summed E-state index contributed by atoms with van der Waals surface area (Å²) < 4.78 is 1.38. The summed E-state index contributed by atoms with van der Waals surface area (Å²) in [5.41, 5.74) is 2.68. The number of hydrogen-bond acceptors (Lipinski definition) is 4. The number of amides is 3. The first kappa shape index (κ1) is 19.8. The summed E-state index contributed by atoms with van der Waals surface area (Å²) >= 11 is 0. The van der Waals surface area contributed by atoms with Crippen LogP contribution in [0.3, 0.4) is 0 Å². The Morgan fingerprint density at radius 2 is 1.32 bits per heavy atom. The van der Waals surface area contributed by atoms with Crippen LogP contribution in [0.4, 0.5) is 21.9 Å². The second kappa shape index (κ2) is 8.91. The Hall–Kier alpha value is -4.46. The van der Waals surface area contributed by atoms with E-state index in [0.717, 1.165) is 0 Å². The van der Waals surface area contributed by atoms with Gasteiger partial charge in [0.1, 0.15) is 6.54 Å². The van der Waals surface area contributed by atoms with Crippen molar-refractivity contribution >= 4 is 40.0 Å². The lowest BCUT2D eigenvalue weighted by Gasteiger charge is -2.11. The van der Waals surface area contributed by atoms with Crippen LogP contribution in [0, 0.1) is 0 Å². The van der Waals surface area contributed by atoms with Crippen molar-refractivity contribution in [2.24, 2.45) is 0 Å². The van der Waals surface area contributed by atoms with E-state index in [4.69, 9.17) is 0 Å². The molecule has 4 rings (SSSR count). The van der Waals surface area contributed by atoms with E-state index in [1.807, 2.05) is 24.3 Å². The summed E-state index contributed by atoms with van der Waals surface area (Å²) in [5.74, 6) is -0.346. The highest BCUT2D eigenvalue weighted by atomic mass is 16.2. The first-order valence-electron chi connectivity index (χ1n) is 9.56. The predicted octanol–water partition coefficient (Wildman–Crippen LogP) is 3.68. The molecule has 154 valence electrons. The third kappa shape index (κ3) is 4.94. The van der Waals surface area contributed by atoms with Gasteiger partial charge in [0.2, 0.25) is 5.91 Å². The zero-order chi connectivity index (χ0) is 21.6. The molecule has 8 nitrogen and oxygen atoms in total. The van der Waals surface area contributed by atoms with Crippen LogP contribution in [-0.2, 0) is 11.3 Å². The molecule has 0 unspecified atom stereocenters. The van der Waals surface area contributed by atoms with Crippen LogP contribution >= 0.6 is 0 Å². The number of hydrogen-bond donors (Lipinski definition) is 3. The summed E-state index contributed by atoms with van der Waals surface area (Å²) in [7, 11) is 0. The molecular weight excluding hydrogens is 394 g/mol. The summed E-state index contributed by atoms with van der Waals surface area (Å²) in [6, 6.07) is 22.6. The molecule has 0 radical (unpaired) electrons. The Balaban J connectivity index is 1.38. The molecule has 0 atom stereocenters.